The quantitative estimate of drug-likeness (QED) is 0.600. The molecule has 0 unspecified atom stereocenters. The van der Waals surface area contributed by atoms with Crippen LogP contribution >= 0.6 is 0 Å². The number of halogens is 3. The van der Waals surface area contributed by atoms with Crippen LogP contribution in [0.25, 0.3) is 0 Å². The highest BCUT2D eigenvalue weighted by Gasteiger charge is 2.45. The maximum absolute atomic E-state index is 14.1. The summed E-state index contributed by atoms with van der Waals surface area (Å²) in [5, 5.41) is 0. The number of ether oxygens (including phenoxy) is 1. The van der Waals surface area contributed by atoms with E-state index in [9.17, 15) is 18.0 Å². The monoisotopic (exact) mass is 477 g/mol. The summed E-state index contributed by atoms with van der Waals surface area (Å²) >= 11 is 0. The molecule has 0 bridgehead atoms. The van der Waals surface area contributed by atoms with Gasteiger partial charge in [0.05, 0.1) is 18.3 Å². The molecule has 1 amide bonds. The zero-order chi connectivity index (χ0) is 24.5. The minimum atomic E-state index is -2.71. The molecule has 2 aliphatic heterocycles. The van der Waals surface area contributed by atoms with Crippen molar-refractivity contribution in [1.29, 1.82) is 0 Å². The van der Waals surface area contributed by atoms with Crippen LogP contribution in [0.5, 0.6) is 11.5 Å². The van der Waals surface area contributed by atoms with E-state index >= 15 is 0 Å². The van der Waals surface area contributed by atoms with E-state index in [4.69, 9.17) is 4.74 Å². The predicted molar refractivity (Wildman–Crippen MR) is 122 cm³/mol. The number of hydrogen-bond donors (Lipinski definition) is 0. The van der Waals surface area contributed by atoms with E-state index in [1.165, 1.54) is 24.7 Å². The molecule has 0 atom stereocenters. The lowest BCUT2D eigenvalue weighted by Gasteiger charge is -2.54. The topological polar surface area (TPSA) is 61.8 Å². The average Bonchev–Trinajstić information content (AvgIpc) is 2.77. The van der Waals surface area contributed by atoms with Crippen molar-refractivity contribution in [3.05, 3.63) is 42.1 Å². The fourth-order valence-corrected chi connectivity index (χ4v) is 4.65. The highest BCUT2D eigenvalue weighted by Crippen LogP contribution is 2.44. The van der Waals surface area contributed by atoms with E-state index in [2.05, 4.69) is 26.8 Å². The van der Waals surface area contributed by atoms with Crippen LogP contribution in [0.1, 0.15) is 37.0 Å². The number of carbonyl (C=O) groups is 1. The molecule has 10 heteroatoms. The van der Waals surface area contributed by atoms with Gasteiger partial charge in [-0.3, -0.25) is 4.79 Å². The Morgan fingerprint density at radius 1 is 1.21 bits per heavy atom. The lowest BCUT2D eigenvalue weighted by Crippen LogP contribution is -2.60. The summed E-state index contributed by atoms with van der Waals surface area (Å²) in [5.41, 5.74) is 0.137. The standard InChI is InChI=1S/C24H30F3N5O2/c1-16(2)32(12-21(26)27)23(33)18-10-17(25)4-5-19(18)34-20-11-28-15-29-22(20)31-13-24(14-31)6-8-30(3)9-7-24/h4-5,10-11,15-16,21H,6-9,12-14H2,1-3H3. The molecule has 1 aromatic carbocycles. The van der Waals surface area contributed by atoms with Crippen molar-refractivity contribution in [2.45, 2.75) is 39.2 Å². The van der Waals surface area contributed by atoms with Crippen LogP contribution in [0.2, 0.25) is 0 Å². The van der Waals surface area contributed by atoms with Gasteiger partial charge in [-0.1, -0.05) is 0 Å². The fourth-order valence-electron chi connectivity index (χ4n) is 4.65. The summed E-state index contributed by atoms with van der Waals surface area (Å²) in [7, 11) is 2.13. The summed E-state index contributed by atoms with van der Waals surface area (Å²) in [6.07, 6.45) is 2.46. The minimum Gasteiger partial charge on any atom is -0.451 e. The normalized spacial score (nSPS) is 17.8. The highest BCUT2D eigenvalue weighted by atomic mass is 19.3. The van der Waals surface area contributed by atoms with Crippen LogP contribution in [-0.2, 0) is 0 Å². The summed E-state index contributed by atoms with van der Waals surface area (Å²) in [6, 6.07) is 3.01. The van der Waals surface area contributed by atoms with Crippen LogP contribution in [0.15, 0.2) is 30.7 Å². The Kier molecular flexibility index (Phi) is 6.97. The van der Waals surface area contributed by atoms with Gasteiger partial charge in [0.25, 0.3) is 12.3 Å². The van der Waals surface area contributed by atoms with E-state index < -0.39 is 30.7 Å². The fraction of sp³-hybridized carbons (Fsp3) is 0.542. The molecule has 2 aromatic rings. The van der Waals surface area contributed by atoms with Crippen molar-refractivity contribution in [2.75, 3.05) is 44.7 Å². The largest absolute Gasteiger partial charge is 0.451 e. The van der Waals surface area contributed by atoms with Gasteiger partial charge in [-0.2, -0.15) is 0 Å². The molecule has 0 aliphatic carbocycles. The molecule has 0 N–H and O–H groups in total. The SMILES string of the molecule is CC(C)N(CC(F)F)C(=O)c1cc(F)ccc1Oc1cncnc1N1CC2(CCN(C)CC2)C1. The third-order valence-corrected chi connectivity index (χ3v) is 6.67. The van der Waals surface area contributed by atoms with Crippen molar-refractivity contribution in [3.63, 3.8) is 0 Å². The van der Waals surface area contributed by atoms with Crippen LogP contribution in [0.4, 0.5) is 19.0 Å². The lowest BCUT2D eigenvalue weighted by molar-refractivity contribution is 0.0473. The summed E-state index contributed by atoms with van der Waals surface area (Å²) in [5.74, 6) is -0.395. The number of carbonyl (C=O) groups excluding carboxylic acids is 1. The Morgan fingerprint density at radius 3 is 2.56 bits per heavy atom. The van der Waals surface area contributed by atoms with Gasteiger partial charge in [0.1, 0.15) is 17.9 Å². The van der Waals surface area contributed by atoms with Crippen LogP contribution in [0.3, 0.4) is 0 Å². The zero-order valence-electron chi connectivity index (χ0n) is 19.7. The zero-order valence-corrected chi connectivity index (χ0v) is 19.7. The van der Waals surface area contributed by atoms with E-state index in [1.807, 2.05) is 0 Å². The second-order valence-electron chi connectivity index (χ2n) is 9.55. The number of piperidine rings is 1. The molecule has 2 saturated heterocycles. The van der Waals surface area contributed by atoms with Gasteiger partial charge in [-0.15, -0.1) is 0 Å². The molecule has 3 heterocycles. The second-order valence-corrected chi connectivity index (χ2v) is 9.55. The van der Waals surface area contributed by atoms with Gasteiger partial charge >= 0.3 is 0 Å². The van der Waals surface area contributed by atoms with Crippen LogP contribution in [-0.4, -0.2) is 77.9 Å². The van der Waals surface area contributed by atoms with Crippen molar-refractivity contribution >= 4 is 11.7 Å². The summed E-state index contributed by atoms with van der Waals surface area (Å²) in [4.78, 5) is 27.0. The van der Waals surface area contributed by atoms with E-state index in [-0.39, 0.29) is 16.7 Å². The number of amides is 1. The molecule has 34 heavy (non-hydrogen) atoms. The van der Waals surface area contributed by atoms with Gasteiger partial charge in [0.15, 0.2) is 11.6 Å². The molecule has 184 valence electrons. The Labute approximate surface area is 197 Å². The highest BCUT2D eigenvalue weighted by molar-refractivity contribution is 5.97. The molecule has 1 aromatic heterocycles. The number of alkyl halides is 2. The van der Waals surface area contributed by atoms with Crippen molar-refractivity contribution in [1.82, 2.24) is 19.8 Å². The van der Waals surface area contributed by atoms with Crippen molar-refractivity contribution < 1.29 is 22.7 Å². The lowest BCUT2D eigenvalue weighted by atomic mass is 9.72. The Morgan fingerprint density at radius 2 is 1.91 bits per heavy atom. The molecule has 0 saturated carbocycles. The Bertz CT molecular complexity index is 1020. The summed E-state index contributed by atoms with van der Waals surface area (Å²) < 4.78 is 46.3. The minimum absolute atomic E-state index is 0.0666. The summed E-state index contributed by atoms with van der Waals surface area (Å²) in [6.45, 7) is 6.33. The molecular weight excluding hydrogens is 447 g/mol. The smallest absolute Gasteiger partial charge is 0.258 e. The predicted octanol–water partition coefficient (Wildman–Crippen LogP) is 4.06. The number of rotatable bonds is 7. The van der Waals surface area contributed by atoms with Gasteiger partial charge in [0.2, 0.25) is 0 Å². The number of hydrogen-bond acceptors (Lipinski definition) is 6. The van der Waals surface area contributed by atoms with Crippen molar-refractivity contribution in [2.24, 2.45) is 5.41 Å². The van der Waals surface area contributed by atoms with Gasteiger partial charge in [-0.25, -0.2) is 23.1 Å². The maximum Gasteiger partial charge on any atom is 0.258 e. The molecule has 1 spiro atoms. The molecular formula is C24H30F3N5O2. The van der Waals surface area contributed by atoms with E-state index in [0.717, 1.165) is 50.0 Å². The molecule has 0 radical (unpaired) electrons. The molecule has 2 fully saturated rings. The molecule has 7 nitrogen and oxygen atoms in total. The van der Waals surface area contributed by atoms with E-state index in [1.54, 1.807) is 13.8 Å². The van der Waals surface area contributed by atoms with Crippen LogP contribution < -0.4 is 9.64 Å². The van der Waals surface area contributed by atoms with Gasteiger partial charge < -0.3 is 19.4 Å². The number of benzene rings is 1. The first-order valence-electron chi connectivity index (χ1n) is 11.5. The number of nitrogens with zero attached hydrogens (tertiary/aromatic N) is 5. The first-order chi connectivity index (χ1) is 16.2. The number of aromatic nitrogens is 2. The van der Waals surface area contributed by atoms with Crippen molar-refractivity contribution in [3.8, 4) is 11.5 Å². The van der Waals surface area contributed by atoms with Gasteiger partial charge in [-0.05, 0) is 65.0 Å². The Hall–Kier alpha value is -2.88. The van der Waals surface area contributed by atoms with Gasteiger partial charge in [0, 0.05) is 24.5 Å². The Balaban J connectivity index is 1.57. The van der Waals surface area contributed by atoms with Crippen LogP contribution in [0, 0.1) is 11.2 Å². The average molecular weight is 478 g/mol. The third-order valence-electron chi connectivity index (χ3n) is 6.67. The van der Waals surface area contributed by atoms with E-state index in [0.29, 0.717) is 11.6 Å². The molecule has 4 rings (SSSR count). The molecule has 2 aliphatic rings. The first kappa shape index (κ1) is 24.3. The third kappa shape index (κ3) is 5.11. The number of anilines is 1. The second kappa shape index (κ2) is 9.77. The first-order valence-corrected chi connectivity index (χ1v) is 11.5. The number of likely N-dealkylation sites (tertiary alicyclic amines) is 1. The maximum atomic E-state index is 14.1.